The normalized spacial score (nSPS) is 13.6. The van der Waals surface area contributed by atoms with Gasteiger partial charge < -0.3 is 5.32 Å². The van der Waals surface area contributed by atoms with Gasteiger partial charge in [0.1, 0.15) is 0 Å². The molecule has 2 nitrogen and oxygen atoms in total. The summed E-state index contributed by atoms with van der Waals surface area (Å²) in [5.41, 5.74) is 5.12. The number of carbonyl (C=O) groups is 1. The van der Waals surface area contributed by atoms with Gasteiger partial charge in [0.15, 0.2) is 0 Å². The molecule has 0 unspecified atom stereocenters. The van der Waals surface area contributed by atoms with Crippen molar-refractivity contribution in [2.24, 2.45) is 0 Å². The zero-order chi connectivity index (χ0) is 14.8. The van der Waals surface area contributed by atoms with Crippen LogP contribution in [0.5, 0.6) is 0 Å². The molecular formula is C18H18ClNO. The van der Waals surface area contributed by atoms with Crippen molar-refractivity contribution in [3.8, 4) is 0 Å². The smallest absolute Gasteiger partial charge is 0.255 e. The van der Waals surface area contributed by atoms with Crippen molar-refractivity contribution in [2.45, 2.75) is 32.6 Å². The Bertz CT molecular complexity index is 694. The van der Waals surface area contributed by atoms with Crippen LogP contribution in [0.2, 0.25) is 5.02 Å². The van der Waals surface area contributed by atoms with Gasteiger partial charge in [-0.25, -0.2) is 0 Å². The van der Waals surface area contributed by atoms with Crippen LogP contribution in [0.25, 0.3) is 0 Å². The SMILES string of the molecule is Cc1ccc(NC(=O)c2ccc3c(c2)CCCC3)c(Cl)c1. The summed E-state index contributed by atoms with van der Waals surface area (Å²) in [6.45, 7) is 1.97. The second kappa shape index (κ2) is 5.90. The molecular weight excluding hydrogens is 282 g/mol. The number of aryl methyl sites for hydroxylation is 3. The third-order valence-electron chi connectivity index (χ3n) is 3.98. The number of amides is 1. The van der Waals surface area contributed by atoms with Gasteiger partial charge in [-0.15, -0.1) is 0 Å². The van der Waals surface area contributed by atoms with E-state index in [4.69, 9.17) is 11.6 Å². The number of anilines is 1. The lowest BCUT2D eigenvalue weighted by molar-refractivity contribution is 0.102. The van der Waals surface area contributed by atoms with Crippen molar-refractivity contribution in [2.75, 3.05) is 5.32 Å². The fourth-order valence-electron chi connectivity index (χ4n) is 2.79. The Hall–Kier alpha value is -1.80. The molecule has 0 saturated carbocycles. The first-order valence-electron chi connectivity index (χ1n) is 7.33. The highest BCUT2D eigenvalue weighted by Gasteiger charge is 2.13. The van der Waals surface area contributed by atoms with Crippen molar-refractivity contribution in [3.05, 3.63) is 63.7 Å². The maximum atomic E-state index is 12.4. The van der Waals surface area contributed by atoms with Gasteiger partial charge in [-0.1, -0.05) is 23.7 Å². The second-order valence-corrected chi connectivity index (χ2v) is 6.04. The molecule has 0 aromatic heterocycles. The van der Waals surface area contributed by atoms with Crippen LogP contribution in [0.3, 0.4) is 0 Å². The summed E-state index contributed by atoms with van der Waals surface area (Å²) in [5, 5.41) is 3.46. The highest BCUT2D eigenvalue weighted by Crippen LogP contribution is 2.25. The molecule has 1 N–H and O–H groups in total. The Morgan fingerprint density at radius 3 is 2.57 bits per heavy atom. The van der Waals surface area contributed by atoms with E-state index in [0.717, 1.165) is 18.4 Å². The first-order chi connectivity index (χ1) is 10.1. The number of halogens is 1. The van der Waals surface area contributed by atoms with Gasteiger partial charge in [-0.2, -0.15) is 0 Å². The third-order valence-corrected chi connectivity index (χ3v) is 4.30. The summed E-state index contributed by atoms with van der Waals surface area (Å²) in [7, 11) is 0. The summed E-state index contributed by atoms with van der Waals surface area (Å²) in [4.78, 5) is 12.4. The van der Waals surface area contributed by atoms with Crippen LogP contribution in [0.1, 0.15) is 39.9 Å². The van der Waals surface area contributed by atoms with E-state index in [9.17, 15) is 4.79 Å². The lowest BCUT2D eigenvalue weighted by Crippen LogP contribution is -2.14. The van der Waals surface area contributed by atoms with E-state index in [2.05, 4.69) is 11.4 Å². The van der Waals surface area contributed by atoms with Crippen LogP contribution < -0.4 is 5.32 Å². The van der Waals surface area contributed by atoms with Crippen molar-refractivity contribution in [1.29, 1.82) is 0 Å². The average molecular weight is 300 g/mol. The minimum absolute atomic E-state index is 0.103. The van der Waals surface area contributed by atoms with Gasteiger partial charge in [0, 0.05) is 5.56 Å². The zero-order valence-corrected chi connectivity index (χ0v) is 12.8. The molecule has 0 fully saturated rings. The molecule has 0 spiro atoms. The summed E-state index contributed by atoms with van der Waals surface area (Å²) in [5.74, 6) is -0.103. The molecule has 0 saturated heterocycles. The third kappa shape index (κ3) is 3.11. The highest BCUT2D eigenvalue weighted by atomic mass is 35.5. The molecule has 2 aromatic carbocycles. The topological polar surface area (TPSA) is 29.1 Å². The van der Waals surface area contributed by atoms with E-state index in [1.165, 1.54) is 24.0 Å². The van der Waals surface area contributed by atoms with Crippen molar-refractivity contribution in [1.82, 2.24) is 0 Å². The molecule has 3 rings (SSSR count). The van der Waals surface area contributed by atoms with Gasteiger partial charge in [0.2, 0.25) is 0 Å². The maximum absolute atomic E-state index is 12.4. The summed E-state index contributed by atoms with van der Waals surface area (Å²) in [6.07, 6.45) is 4.65. The number of fused-ring (bicyclic) bond motifs is 1. The molecule has 0 aliphatic heterocycles. The minimum atomic E-state index is -0.103. The van der Waals surface area contributed by atoms with Gasteiger partial charge in [-0.05, 0) is 73.6 Å². The van der Waals surface area contributed by atoms with Crippen molar-refractivity contribution >= 4 is 23.2 Å². The number of rotatable bonds is 2. The molecule has 108 valence electrons. The van der Waals surface area contributed by atoms with Crippen molar-refractivity contribution < 1.29 is 4.79 Å². The summed E-state index contributed by atoms with van der Waals surface area (Å²) < 4.78 is 0. The van der Waals surface area contributed by atoms with E-state index in [0.29, 0.717) is 16.3 Å². The van der Waals surface area contributed by atoms with Gasteiger partial charge in [0.25, 0.3) is 5.91 Å². The van der Waals surface area contributed by atoms with E-state index in [-0.39, 0.29) is 5.91 Å². The number of hydrogen-bond donors (Lipinski definition) is 1. The fraction of sp³-hybridized carbons (Fsp3) is 0.278. The quantitative estimate of drug-likeness (QED) is 0.849. The molecule has 0 bridgehead atoms. The number of benzene rings is 2. The molecule has 21 heavy (non-hydrogen) atoms. The standard InChI is InChI=1S/C18H18ClNO/c1-12-6-9-17(16(19)10-12)20-18(21)15-8-7-13-4-2-3-5-14(13)11-15/h6-11H,2-5H2,1H3,(H,20,21). The average Bonchev–Trinajstić information content (AvgIpc) is 2.49. The Morgan fingerprint density at radius 2 is 1.81 bits per heavy atom. The van der Waals surface area contributed by atoms with Gasteiger partial charge in [-0.3, -0.25) is 4.79 Å². The molecule has 0 heterocycles. The first-order valence-corrected chi connectivity index (χ1v) is 7.70. The van der Waals surface area contributed by atoms with E-state index in [1.807, 2.05) is 37.3 Å². The molecule has 0 radical (unpaired) electrons. The van der Waals surface area contributed by atoms with Gasteiger partial charge >= 0.3 is 0 Å². The van der Waals surface area contributed by atoms with E-state index >= 15 is 0 Å². The first kappa shape index (κ1) is 14.2. The molecule has 1 aliphatic carbocycles. The summed E-state index contributed by atoms with van der Waals surface area (Å²) >= 11 is 6.16. The lowest BCUT2D eigenvalue weighted by atomic mass is 9.90. The zero-order valence-electron chi connectivity index (χ0n) is 12.1. The Morgan fingerprint density at radius 1 is 1.05 bits per heavy atom. The molecule has 1 aliphatic rings. The lowest BCUT2D eigenvalue weighted by Gasteiger charge is -2.16. The van der Waals surface area contributed by atoms with Crippen LogP contribution in [-0.4, -0.2) is 5.91 Å². The Labute approximate surface area is 130 Å². The molecule has 0 atom stereocenters. The fourth-order valence-corrected chi connectivity index (χ4v) is 3.07. The largest absolute Gasteiger partial charge is 0.321 e. The van der Waals surface area contributed by atoms with E-state index < -0.39 is 0 Å². The van der Waals surface area contributed by atoms with Crippen LogP contribution in [0, 0.1) is 6.92 Å². The van der Waals surface area contributed by atoms with Crippen LogP contribution in [-0.2, 0) is 12.8 Å². The predicted molar refractivity (Wildman–Crippen MR) is 87.2 cm³/mol. The van der Waals surface area contributed by atoms with Crippen molar-refractivity contribution in [3.63, 3.8) is 0 Å². The van der Waals surface area contributed by atoms with E-state index in [1.54, 1.807) is 0 Å². The molecule has 2 aromatic rings. The predicted octanol–water partition coefficient (Wildman–Crippen LogP) is 4.78. The molecule has 1 amide bonds. The maximum Gasteiger partial charge on any atom is 0.255 e. The highest BCUT2D eigenvalue weighted by molar-refractivity contribution is 6.34. The Balaban J connectivity index is 1.82. The number of nitrogens with one attached hydrogen (secondary N) is 1. The number of hydrogen-bond acceptors (Lipinski definition) is 1. The monoisotopic (exact) mass is 299 g/mol. The van der Waals surface area contributed by atoms with Crippen LogP contribution in [0.4, 0.5) is 5.69 Å². The second-order valence-electron chi connectivity index (χ2n) is 5.63. The minimum Gasteiger partial charge on any atom is -0.321 e. The van der Waals surface area contributed by atoms with Gasteiger partial charge in [0.05, 0.1) is 10.7 Å². The van der Waals surface area contributed by atoms with Crippen LogP contribution in [0.15, 0.2) is 36.4 Å². The Kier molecular flexibility index (Phi) is 3.98. The van der Waals surface area contributed by atoms with Crippen LogP contribution >= 0.6 is 11.6 Å². The summed E-state index contributed by atoms with van der Waals surface area (Å²) in [6, 6.07) is 11.6. The molecule has 3 heteroatoms. The number of carbonyl (C=O) groups excluding carboxylic acids is 1.